The highest BCUT2D eigenvalue weighted by Gasteiger charge is 2.38. The summed E-state index contributed by atoms with van der Waals surface area (Å²) in [5, 5.41) is 6.31. The van der Waals surface area contributed by atoms with Crippen LogP contribution < -0.4 is 11.4 Å². The van der Waals surface area contributed by atoms with Crippen molar-refractivity contribution < 1.29 is 13.2 Å². The lowest BCUT2D eigenvalue weighted by atomic mass is 10.4. The first-order chi connectivity index (χ1) is 10.9. The molecule has 3 aromatic rings. The molecule has 0 saturated carbocycles. The zero-order chi connectivity index (χ0) is 16.6. The van der Waals surface area contributed by atoms with Crippen molar-refractivity contribution in [3.8, 4) is 0 Å². The normalized spacial score (nSPS) is 12.0. The smallest absolute Gasteiger partial charge is 0.335 e. The highest BCUT2D eigenvalue weighted by molar-refractivity contribution is 7.98. The van der Waals surface area contributed by atoms with Gasteiger partial charge in [-0.15, -0.1) is 10.2 Å². The molecule has 0 atom stereocenters. The lowest BCUT2D eigenvalue weighted by Gasteiger charge is -2.06. The summed E-state index contributed by atoms with van der Waals surface area (Å²) in [6.07, 6.45) is -3.10. The predicted molar refractivity (Wildman–Crippen MR) is 76.2 cm³/mol. The molecule has 3 heterocycles. The van der Waals surface area contributed by atoms with Crippen LogP contribution in [0.2, 0.25) is 0 Å². The zero-order valence-corrected chi connectivity index (χ0v) is 12.2. The number of rotatable bonds is 3. The standard InChI is InChI=1S/C12H9F3N6OS/c13-12(14,15)10-18-19-11(21(10)16)23-6-7-5-9(22)20-4-2-1-3-8(20)17-7/h1-5H,6,16H2. The molecule has 0 aromatic carbocycles. The molecule has 11 heteroatoms. The Morgan fingerprint density at radius 1 is 1.26 bits per heavy atom. The second-order valence-electron chi connectivity index (χ2n) is 4.48. The van der Waals surface area contributed by atoms with Crippen LogP contribution in [0.5, 0.6) is 0 Å². The van der Waals surface area contributed by atoms with Gasteiger partial charge in [-0.25, -0.2) is 9.66 Å². The third-order valence-corrected chi connectivity index (χ3v) is 3.87. The highest BCUT2D eigenvalue weighted by Crippen LogP contribution is 2.29. The number of hydrogen-bond acceptors (Lipinski definition) is 6. The van der Waals surface area contributed by atoms with Crippen LogP contribution in [0, 0.1) is 0 Å². The quantitative estimate of drug-likeness (QED) is 0.570. The van der Waals surface area contributed by atoms with Crippen molar-refractivity contribution in [1.82, 2.24) is 24.3 Å². The Hall–Kier alpha value is -2.56. The van der Waals surface area contributed by atoms with E-state index in [0.29, 0.717) is 16.0 Å². The van der Waals surface area contributed by atoms with Gasteiger partial charge in [-0.2, -0.15) is 13.2 Å². The maximum absolute atomic E-state index is 12.6. The van der Waals surface area contributed by atoms with Gasteiger partial charge < -0.3 is 5.84 Å². The van der Waals surface area contributed by atoms with Crippen molar-refractivity contribution in [3.63, 3.8) is 0 Å². The lowest BCUT2D eigenvalue weighted by molar-refractivity contribution is -0.146. The fourth-order valence-electron chi connectivity index (χ4n) is 1.88. The van der Waals surface area contributed by atoms with Crippen LogP contribution >= 0.6 is 11.8 Å². The van der Waals surface area contributed by atoms with Gasteiger partial charge in [-0.1, -0.05) is 17.8 Å². The van der Waals surface area contributed by atoms with Crippen LogP contribution in [0.15, 0.2) is 40.4 Å². The lowest BCUT2D eigenvalue weighted by Crippen LogP contribution is -2.21. The van der Waals surface area contributed by atoms with E-state index in [1.165, 1.54) is 10.5 Å². The minimum absolute atomic E-state index is 0.118. The molecule has 0 fully saturated rings. The Morgan fingerprint density at radius 2 is 2.04 bits per heavy atom. The molecule has 0 aliphatic carbocycles. The van der Waals surface area contributed by atoms with Gasteiger partial charge in [0, 0.05) is 18.0 Å². The first-order valence-corrected chi connectivity index (χ1v) is 7.22. The molecule has 7 nitrogen and oxygen atoms in total. The van der Waals surface area contributed by atoms with Crippen molar-refractivity contribution in [2.75, 3.05) is 5.84 Å². The van der Waals surface area contributed by atoms with Crippen molar-refractivity contribution in [3.05, 3.63) is 52.3 Å². The third kappa shape index (κ3) is 2.99. The number of nitrogens with zero attached hydrogens (tertiary/aromatic N) is 5. The van der Waals surface area contributed by atoms with Crippen molar-refractivity contribution in [2.24, 2.45) is 0 Å². The molecule has 120 valence electrons. The average Bonchev–Trinajstić information content (AvgIpc) is 2.86. The van der Waals surface area contributed by atoms with Gasteiger partial charge in [0.1, 0.15) is 5.65 Å². The number of nitrogen functional groups attached to an aromatic ring is 1. The fourth-order valence-corrected chi connectivity index (χ4v) is 2.63. The first-order valence-electron chi connectivity index (χ1n) is 6.24. The zero-order valence-electron chi connectivity index (χ0n) is 11.4. The van der Waals surface area contributed by atoms with Gasteiger partial charge in [0.05, 0.1) is 5.69 Å². The molecule has 0 radical (unpaired) electrons. The molecule has 0 spiro atoms. The Labute approximate surface area is 130 Å². The molecule has 0 aliphatic rings. The predicted octanol–water partition coefficient (Wildman–Crippen LogP) is 1.31. The number of halogens is 3. The minimum atomic E-state index is -4.68. The molecule has 0 aliphatic heterocycles. The summed E-state index contributed by atoms with van der Waals surface area (Å²) in [6.45, 7) is 0. The Balaban J connectivity index is 1.84. The summed E-state index contributed by atoms with van der Waals surface area (Å²) in [5.41, 5.74) is 0.569. The van der Waals surface area contributed by atoms with Crippen molar-refractivity contribution >= 4 is 17.4 Å². The maximum atomic E-state index is 12.6. The largest absolute Gasteiger partial charge is 0.453 e. The van der Waals surface area contributed by atoms with Crippen LogP contribution in [0.25, 0.3) is 5.65 Å². The van der Waals surface area contributed by atoms with Gasteiger partial charge >= 0.3 is 6.18 Å². The van der Waals surface area contributed by atoms with Gasteiger partial charge in [0.15, 0.2) is 0 Å². The van der Waals surface area contributed by atoms with E-state index in [1.807, 2.05) is 0 Å². The summed E-state index contributed by atoms with van der Waals surface area (Å²) in [6, 6.07) is 6.38. The molecule has 0 unspecified atom stereocenters. The monoisotopic (exact) mass is 342 g/mol. The maximum Gasteiger partial charge on any atom is 0.453 e. The molecule has 23 heavy (non-hydrogen) atoms. The van der Waals surface area contributed by atoms with E-state index in [2.05, 4.69) is 15.2 Å². The molecule has 3 aromatic heterocycles. The molecule has 0 bridgehead atoms. The Bertz CT molecular complexity index is 919. The van der Waals surface area contributed by atoms with E-state index in [0.717, 1.165) is 11.8 Å². The summed E-state index contributed by atoms with van der Waals surface area (Å²) >= 11 is 0.908. The minimum Gasteiger partial charge on any atom is -0.335 e. The molecular formula is C12H9F3N6OS. The van der Waals surface area contributed by atoms with E-state index >= 15 is 0 Å². The van der Waals surface area contributed by atoms with E-state index in [4.69, 9.17) is 5.84 Å². The topological polar surface area (TPSA) is 91.1 Å². The number of nitrogens with two attached hydrogens (primary N) is 1. The Kier molecular flexibility index (Phi) is 3.72. The number of alkyl halides is 3. The third-order valence-electron chi connectivity index (χ3n) is 2.89. The van der Waals surface area contributed by atoms with E-state index in [1.54, 1.807) is 24.4 Å². The van der Waals surface area contributed by atoms with Crippen molar-refractivity contribution in [2.45, 2.75) is 17.1 Å². The molecule has 0 amide bonds. The highest BCUT2D eigenvalue weighted by atomic mass is 32.2. The number of pyridine rings is 1. The molecule has 2 N–H and O–H groups in total. The second kappa shape index (κ2) is 5.57. The van der Waals surface area contributed by atoms with Crippen LogP contribution in [0.4, 0.5) is 13.2 Å². The molecule has 0 saturated heterocycles. The Morgan fingerprint density at radius 3 is 2.74 bits per heavy atom. The summed E-state index contributed by atoms with van der Waals surface area (Å²) in [5.74, 6) is 4.19. The van der Waals surface area contributed by atoms with E-state index in [-0.39, 0.29) is 16.5 Å². The summed E-state index contributed by atoms with van der Waals surface area (Å²) in [7, 11) is 0. The van der Waals surface area contributed by atoms with Gasteiger partial charge in [-0.05, 0) is 12.1 Å². The molecular weight excluding hydrogens is 333 g/mol. The fraction of sp³-hybridized carbons (Fsp3) is 0.167. The number of thioether (sulfide) groups is 1. The van der Waals surface area contributed by atoms with Gasteiger partial charge in [-0.3, -0.25) is 9.20 Å². The van der Waals surface area contributed by atoms with Gasteiger partial charge in [0.2, 0.25) is 5.16 Å². The van der Waals surface area contributed by atoms with E-state index in [9.17, 15) is 18.0 Å². The van der Waals surface area contributed by atoms with Crippen LogP contribution in [-0.2, 0) is 11.9 Å². The van der Waals surface area contributed by atoms with Crippen LogP contribution in [0.1, 0.15) is 11.5 Å². The SMILES string of the molecule is Nn1c(SCc2cc(=O)n3ccccc3n2)nnc1C(F)(F)F. The summed E-state index contributed by atoms with van der Waals surface area (Å²) in [4.78, 5) is 16.2. The van der Waals surface area contributed by atoms with Crippen LogP contribution in [0.3, 0.4) is 0 Å². The van der Waals surface area contributed by atoms with Crippen LogP contribution in [-0.4, -0.2) is 24.3 Å². The number of fused-ring (bicyclic) bond motifs is 1. The number of hydrogen-bond donors (Lipinski definition) is 1. The second-order valence-corrected chi connectivity index (χ2v) is 5.42. The van der Waals surface area contributed by atoms with Gasteiger partial charge in [0.25, 0.3) is 11.4 Å². The molecule has 3 rings (SSSR count). The van der Waals surface area contributed by atoms with E-state index < -0.39 is 12.0 Å². The average molecular weight is 342 g/mol. The number of aromatic nitrogens is 5. The first kappa shape index (κ1) is 15.3. The van der Waals surface area contributed by atoms with Crippen molar-refractivity contribution in [1.29, 1.82) is 0 Å². The summed E-state index contributed by atoms with van der Waals surface area (Å²) < 4.78 is 39.5.